The van der Waals surface area contributed by atoms with E-state index in [1.165, 1.54) is 0 Å². The maximum Gasteiger partial charge on any atom is 0.318 e. The van der Waals surface area contributed by atoms with Crippen molar-refractivity contribution in [3.63, 3.8) is 0 Å². The normalized spacial score (nSPS) is 14.0. The third-order valence-corrected chi connectivity index (χ3v) is 5.90. The Bertz CT molecular complexity index is 1210. The first kappa shape index (κ1) is 22.2. The molecule has 1 aliphatic heterocycles. The van der Waals surface area contributed by atoms with Gasteiger partial charge in [0.05, 0.1) is 36.6 Å². The number of hydrogen-bond acceptors (Lipinski definition) is 5. The van der Waals surface area contributed by atoms with Crippen LogP contribution in [-0.4, -0.2) is 51.8 Å². The number of nitriles is 1. The standard InChI is InChI=1S/C25H26N6O2/c1-3-9-27-25(32)30-10-7-18(8-11-30)12-21-6-5-19(15-28-21)23-13-22(33-4-2)17-31-24(23)20(14-26)16-29-31/h1,5-6,13,15-18H,4,7-12H2,2H3,(H,27,32). The van der Waals surface area contributed by atoms with E-state index >= 15 is 0 Å². The maximum atomic E-state index is 12.1. The van der Waals surface area contributed by atoms with Gasteiger partial charge in [-0.05, 0) is 44.2 Å². The minimum atomic E-state index is -0.0916. The topological polar surface area (TPSA) is 95.5 Å². The molecule has 0 bridgehead atoms. The summed E-state index contributed by atoms with van der Waals surface area (Å²) in [6.07, 6.45) is 13.1. The average molecular weight is 443 g/mol. The van der Waals surface area contributed by atoms with Crippen LogP contribution in [0.5, 0.6) is 5.75 Å². The molecule has 3 aromatic heterocycles. The number of pyridine rings is 2. The molecule has 4 rings (SSSR count). The Morgan fingerprint density at radius 3 is 2.82 bits per heavy atom. The van der Waals surface area contributed by atoms with E-state index in [1.54, 1.807) is 16.9 Å². The van der Waals surface area contributed by atoms with Crippen LogP contribution in [-0.2, 0) is 6.42 Å². The summed E-state index contributed by atoms with van der Waals surface area (Å²) in [5.74, 6) is 3.59. The summed E-state index contributed by atoms with van der Waals surface area (Å²) < 4.78 is 7.36. The molecule has 8 heteroatoms. The van der Waals surface area contributed by atoms with Crippen LogP contribution in [0.3, 0.4) is 0 Å². The van der Waals surface area contributed by atoms with Gasteiger partial charge in [0.2, 0.25) is 0 Å². The molecule has 1 fully saturated rings. The Morgan fingerprint density at radius 1 is 1.33 bits per heavy atom. The smallest absolute Gasteiger partial charge is 0.318 e. The first-order valence-corrected chi connectivity index (χ1v) is 11.1. The molecule has 4 heterocycles. The van der Waals surface area contributed by atoms with E-state index < -0.39 is 0 Å². The Labute approximate surface area is 193 Å². The minimum Gasteiger partial charge on any atom is -0.492 e. The summed E-state index contributed by atoms with van der Waals surface area (Å²) >= 11 is 0. The molecule has 0 radical (unpaired) electrons. The zero-order chi connectivity index (χ0) is 23.2. The molecular weight excluding hydrogens is 416 g/mol. The Kier molecular flexibility index (Phi) is 6.75. The van der Waals surface area contributed by atoms with E-state index in [4.69, 9.17) is 16.1 Å². The van der Waals surface area contributed by atoms with Crippen LogP contribution in [0.1, 0.15) is 31.0 Å². The van der Waals surface area contributed by atoms with Gasteiger partial charge in [-0.25, -0.2) is 9.31 Å². The molecule has 1 N–H and O–H groups in total. The molecular formula is C25H26N6O2. The molecule has 0 spiro atoms. The molecule has 1 aliphatic rings. The molecule has 1 saturated heterocycles. The van der Waals surface area contributed by atoms with Gasteiger partial charge in [-0.15, -0.1) is 6.42 Å². The molecule has 0 atom stereocenters. The second kappa shape index (κ2) is 10.1. The number of ether oxygens (including phenoxy) is 1. The average Bonchev–Trinajstić information content (AvgIpc) is 3.26. The van der Waals surface area contributed by atoms with Gasteiger partial charge >= 0.3 is 6.03 Å². The van der Waals surface area contributed by atoms with Crippen molar-refractivity contribution < 1.29 is 9.53 Å². The maximum absolute atomic E-state index is 12.1. The molecule has 0 unspecified atom stereocenters. The van der Waals surface area contributed by atoms with Gasteiger partial charge in [-0.2, -0.15) is 10.4 Å². The van der Waals surface area contributed by atoms with Gasteiger partial charge in [-0.1, -0.05) is 12.0 Å². The summed E-state index contributed by atoms with van der Waals surface area (Å²) in [5, 5.41) is 16.5. The van der Waals surface area contributed by atoms with E-state index in [1.807, 2.05) is 36.2 Å². The van der Waals surface area contributed by atoms with Crippen LogP contribution in [0.2, 0.25) is 0 Å². The number of rotatable bonds is 6. The fourth-order valence-corrected chi connectivity index (χ4v) is 4.22. The van der Waals surface area contributed by atoms with Gasteiger partial charge in [0.1, 0.15) is 11.8 Å². The molecule has 168 valence electrons. The van der Waals surface area contributed by atoms with Gasteiger partial charge in [-0.3, -0.25) is 4.98 Å². The van der Waals surface area contributed by atoms with Crippen LogP contribution < -0.4 is 10.1 Å². The van der Waals surface area contributed by atoms with Crippen LogP contribution >= 0.6 is 0 Å². The van der Waals surface area contributed by atoms with Gasteiger partial charge in [0.25, 0.3) is 0 Å². The molecule has 0 saturated carbocycles. The van der Waals surface area contributed by atoms with Crippen molar-refractivity contribution >= 4 is 11.5 Å². The fraction of sp³-hybridized carbons (Fsp3) is 0.360. The lowest BCUT2D eigenvalue weighted by atomic mass is 9.92. The third kappa shape index (κ3) is 4.91. The highest BCUT2D eigenvalue weighted by Crippen LogP contribution is 2.31. The number of urea groups is 1. The number of aromatic nitrogens is 3. The molecule has 8 nitrogen and oxygen atoms in total. The van der Waals surface area contributed by atoms with Crippen LogP contribution in [0, 0.1) is 29.6 Å². The number of hydrogen-bond donors (Lipinski definition) is 1. The van der Waals surface area contributed by atoms with Gasteiger partial charge in [0, 0.05) is 36.1 Å². The molecule has 0 aromatic carbocycles. The zero-order valence-corrected chi connectivity index (χ0v) is 18.6. The Hall–Kier alpha value is -4.04. The summed E-state index contributed by atoms with van der Waals surface area (Å²) in [5.41, 5.74) is 4.03. The molecule has 3 aromatic rings. The number of likely N-dealkylation sites (tertiary alicyclic amines) is 1. The lowest BCUT2D eigenvalue weighted by molar-refractivity contribution is 0.171. The summed E-state index contributed by atoms with van der Waals surface area (Å²) in [6.45, 7) is 4.17. The number of fused-ring (bicyclic) bond motifs is 1. The van der Waals surface area contributed by atoms with Crippen LogP contribution in [0.25, 0.3) is 16.6 Å². The van der Waals surface area contributed by atoms with E-state index in [-0.39, 0.29) is 12.6 Å². The van der Waals surface area contributed by atoms with Gasteiger partial charge < -0.3 is 15.0 Å². The molecule has 2 amide bonds. The van der Waals surface area contributed by atoms with Crippen molar-refractivity contribution in [2.45, 2.75) is 26.2 Å². The van der Waals surface area contributed by atoms with Crippen molar-refractivity contribution in [1.29, 1.82) is 5.26 Å². The van der Waals surface area contributed by atoms with Crippen molar-refractivity contribution in [2.75, 3.05) is 26.2 Å². The summed E-state index contributed by atoms with van der Waals surface area (Å²) in [7, 11) is 0. The summed E-state index contributed by atoms with van der Waals surface area (Å²) in [4.78, 5) is 18.6. The molecule has 0 aliphatic carbocycles. The monoisotopic (exact) mass is 442 g/mol. The van der Waals surface area contributed by atoms with Crippen LogP contribution in [0.15, 0.2) is 36.8 Å². The zero-order valence-electron chi connectivity index (χ0n) is 18.6. The largest absolute Gasteiger partial charge is 0.492 e. The fourth-order valence-electron chi connectivity index (χ4n) is 4.22. The molecule has 33 heavy (non-hydrogen) atoms. The Morgan fingerprint density at radius 2 is 2.15 bits per heavy atom. The highest BCUT2D eigenvalue weighted by molar-refractivity contribution is 5.85. The number of amides is 2. The lowest BCUT2D eigenvalue weighted by Crippen LogP contribution is -2.44. The van der Waals surface area contributed by atoms with E-state index in [0.29, 0.717) is 23.8 Å². The third-order valence-electron chi connectivity index (χ3n) is 5.90. The second-order valence-corrected chi connectivity index (χ2v) is 8.02. The van der Waals surface area contributed by atoms with Crippen LogP contribution in [0.4, 0.5) is 4.79 Å². The van der Waals surface area contributed by atoms with E-state index in [0.717, 1.165) is 54.7 Å². The van der Waals surface area contributed by atoms with Crippen molar-refractivity contribution in [3.05, 3.63) is 48.0 Å². The van der Waals surface area contributed by atoms with Gasteiger partial charge in [0.15, 0.2) is 0 Å². The Balaban J connectivity index is 1.47. The highest BCUT2D eigenvalue weighted by atomic mass is 16.5. The lowest BCUT2D eigenvalue weighted by Gasteiger charge is -2.31. The quantitative estimate of drug-likeness (QED) is 0.591. The number of terminal acetylenes is 1. The number of carbonyl (C=O) groups is 1. The number of piperidine rings is 1. The second-order valence-electron chi connectivity index (χ2n) is 8.02. The minimum absolute atomic E-state index is 0.0916. The van der Waals surface area contributed by atoms with Crippen molar-refractivity contribution in [2.24, 2.45) is 5.92 Å². The van der Waals surface area contributed by atoms with E-state index in [9.17, 15) is 10.1 Å². The van der Waals surface area contributed by atoms with Crippen molar-refractivity contribution in [3.8, 4) is 35.3 Å². The van der Waals surface area contributed by atoms with Crippen molar-refractivity contribution in [1.82, 2.24) is 24.8 Å². The number of nitrogens with zero attached hydrogens (tertiary/aromatic N) is 5. The SMILES string of the molecule is C#CCNC(=O)N1CCC(Cc2ccc(-c3cc(OCC)cn4ncc(C#N)c34)cn2)CC1. The predicted molar refractivity (Wildman–Crippen MR) is 125 cm³/mol. The first-order valence-electron chi connectivity index (χ1n) is 11.1. The number of carbonyl (C=O) groups excluding carboxylic acids is 1. The summed E-state index contributed by atoms with van der Waals surface area (Å²) in [6, 6.07) is 8.12. The highest BCUT2D eigenvalue weighted by Gasteiger charge is 2.23. The first-order chi connectivity index (χ1) is 16.1. The predicted octanol–water partition coefficient (Wildman–Crippen LogP) is 3.26. The van der Waals surface area contributed by atoms with E-state index in [2.05, 4.69) is 22.4 Å². The number of nitrogens with one attached hydrogen (secondary N) is 1.